The number of aryl methyl sites for hydroxylation is 3. The van der Waals surface area contributed by atoms with Crippen molar-refractivity contribution in [3.63, 3.8) is 0 Å². The lowest BCUT2D eigenvalue weighted by molar-refractivity contribution is -0.138. The van der Waals surface area contributed by atoms with E-state index in [4.69, 9.17) is 9.72 Å². The van der Waals surface area contributed by atoms with E-state index in [1.54, 1.807) is 23.2 Å². The number of carbonyl (C=O) groups is 2. The lowest BCUT2D eigenvalue weighted by atomic mass is 10.00. The zero-order valence-corrected chi connectivity index (χ0v) is 19.9. The molecule has 9 nitrogen and oxygen atoms in total. The average Bonchev–Trinajstić information content (AvgIpc) is 3.21. The zero-order chi connectivity index (χ0) is 24.1. The minimum atomic E-state index is -0.953. The van der Waals surface area contributed by atoms with Gasteiger partial charge in [0.15, 0.2) is 0 Å². The fourth-order valence-corrected chi connectivity index (χ4v) is 4.81. The quantitative estimate of drug-likeness (QED) is 0.552. The molecule has 2 aliphatic rings. The van der Waals surface area contributed by atoms with Crippen LogP contribution in [-0.4, -0.2) is 70.2 Å². The highest BCUT2D eigenvalue weighted by Crippen LogP contribution is 2.29. The Morgan fingerprint density at radius 2 is 2.18 bits per heavy atom. The number of hydrogen-bond acceptors (Lipinski definition) is 6. The highest BCUT2D eigenvalue weighted by atomic mass is 16.5. The number of pyridine rings is 2. The summed E-state index contributed by atoms with van der Waals surface area (Å²) in [6.45, 7) is 4.81. The van der Waals surface area contributed by atoms with Gasteiger partial charge in [-0.2, -0.15) is 0 Å². The van der Waals surface area contributed by atoms with Gasteiger partial charge in [0.1, 0.15) is 5.82 Å². The van der Waals surface area contributed by atoms with Crippen molar-refractivity contribution in [3.8, 4) is 5.88 Å². The topological polar surface area (TPSA) is 108 Å². The van der Waals surface area contributed by atoms with E-state index in [-0.39, 0.29) is 12.5 Å². The van der Waals surface area contributed by atoms with E-state index in [1.165, 1.54) is 18.2 Å². The first-order valence-corrected chi connectivity index (χ1v) is 12.0. The Morgan fingerprint density at radius 1 is 1.32 bits per heavy atom. The van der Waals surface area contributed by atoms with Crippen molar-refractivity contribution in [2.75, 3.05) is 38.6 Å². The third kappa shape index (κ3) is 5.24. The summed E-state index contributed by atoms with van der Waals surface area (Å²) in [4.78, 5) is 37.2. The normalized spacial score (nSPS) is 16.2. The molecule has 34 heavy (non-hydrogen) atoms. The molecule has 1 atom stereocenters. The standard InChI is InChI=1S/C25H33N5O4/c1-3-17-14-18-6-4-10-26-24(18)28-20(17)7-5-11-29-12-13-30(25(29)33)21(15-23(31)32)19-8-9-22(34-2)27-16-19/h8-9,14,16,21H,3-7,10-13,15H2,1-2H3,(H,26,28)(H,31,32)/t21-/m0/s1. The molecule has 2 N–H and O–H groups in total. The molecule has 182 valence electrons. The number of rotatable bonds is 10. The largest absolute Gasteiger partial charge is 0.481 e. The van der Waals surface area contributed by atoms with Gasteiger partial charge in [-0.1, -0.05) is 19.1 Å². The van der Waals surface area contributed by atoms with Gasteiger partial charge in [-0.15, -0.1) is 0 Å². The summed E-state index contributed by atoms with van der Waals surface area (Å²) in [7, 11) is 1.53. The second-order valence-corrected chi connectivity index (χ2v) is 8.80. The van der Waals surface area contributed by atoms with E-state index < -0.39 is 12.0 Å². The summed E-state index contributed by atoms with van der Waals surface area (Å²) in [6.07, 6.45) is 6.19. The van der Waals surface area contributed by atoms with Crippen LogP contribution in [0.25, 0.3) is 0 Å². The van der Waals surface area contributed by atoms with E-state index in [0.717, 1.165) is 50.2 Å². The molecule has 2 aromatic heterocycles. The van der Waals surface area contributed by atoms with Crippen LogP contribution in [0, 0.1) is 0 Å². The number of nitrogens with zero attached hydrogens (tertiary/aromatic N) is 4. The summed E-state index contributed by atoms with van der Waals surface area (Å²) in [5.41, 5.74) is 4.38. The van der Waals surface area contributed by atoms with Crippen molar-refractivity contribution in [1.82, 2.24) is 19.8 Å². The number of ether oxygens (including phenoxy) is 1. The molecule has 1 saturated heterocycles. The Balaban J connectivity index is 1.40. The molecule has 0 unspecified atom stereocenters. The first-order valence-electron chi connectivity index (χ1n) is 12.0. The van der Waals surface area contributed by atoms with Gasteiger partial charge in [0.2, 0.25) is 5.88 Å². The maximum atomic E-state index is 13.2. The van der Waals surface area contributed by atoms with Crippen LogP contribution >= 0.6 is 0 Å². The molecule has 0 bridgehead atoms. The summed E-state index contributed by atoms with van der Waals surface area (Å²) in [6, 6.07) is 5.06. The number of carboxylic acids is 1. The number of fused-ring (bicyclic) bond motifs is 1. The van der Waals surface area contributed by atoms with E-state index in [2.05, 4.69) is 23.3 Å². The fourth-order valence-electron chi connectivity index (χ4n) is 4.81. The highest BCUT2D eigenvalue weighted by molar-refractivity contribution is 5.78. The van der Waals surface area contributed by atoms with Crippen molar-refractivity contribution < 1.29 is 19.4 Å². The number of methoxy groups -OCH3 is 1. The third-order valence-electron chi connectivity index (χ3n) is 6.63. The number of aliphatic carboxylic acids is 1. The summed E-state index contributed by atoms with van der Waals surface area (Å²) < 4.78 is 5.10. The van der Waals surface area contributed by atoms with Crippen LogP contribution in [0.5, 0.6) is 5.88 Å². The van der Waals surface area contributed by atoms with E-state index >= 15 is 0 Å². The molecule has 0 saturated carbocycles. The first-order chi connectivity index (χ1) is 16.5. The number of carboxylic acid groups (broad SMARTS) is 1. The zero-order valence-electron chi connectivity index (χ0n) is 19.9. The summed E-state index contributed by atoms with van der Waals surface area (Å²) in [5.74, 6) is 0.502. The van der Waals surface area contributed by atoms with Crippen LogP contribution in [0.15, 0.2) is 24.4 Å². The number of amides is 2. The number of hydrogen-bond donors (Lipinski definition) is 2. The second kappa shape index (κ2) is 10.7. The number of carbonyl (C=O) groups excluding carboxylic acids is 1. The number of anilines is 1. The molecule has 0 aromatic carbocycles. The van der Waals surface area contributed by atoms with Crippen LogP contribution < -0.4 is 10.1 Å². The lowest BCUT2D eigenvalue weighted by Gasteiger charge is -2.27. The predicted octanol–water partition coefficient (Wildman–Crippen LogP) is 3.29. The van der Waals surface area contributed by atoms with E-state index in [1.807, 2.05) is 4.90 Å². The van der Waals surface area contributed by atoms with Crippen LogP contribution in [0.4, 0.5) is 10.6 Å². The van der Waals surface area contributed by atoms with Crippen molar-refractivity contribution in [2.24, 2.45) is 0 Å². The molecule has 2 aliphatic heterocycles. The molecule has 0 aliphatic carbocycles. The molecule has 0 radical (unpaired) electrons. The second-order valence-electron chi connectivity index (χ2n) is 8.80. The van der Waals surface area contributed by atoms with E-state index in [0.29, 0.717) is 31.1 Å². The molecule has 0 spiro atoms. The minimum Gasteiger partial charge on any atom is -0.481 e. The number of nitrogens with one attached hydrogen (secondary N) is 1. The Kier molecular flexibility index (Phi) is 7.49. The minimum absolute atomic E-state index is 0.127. The van der Waals surface area contributed by atoms with Crippen molar-refractivity contribution >= 4 is 17.8 Å². The molecule has 2 amide bonds. The Bertz CT molecular complexity index is 1030. The molecular formula is C25H33N5O4. The van der Waals surface area contributed by atoms with Gasteiger partial charge in [-0.3, -0.25) is 4.79 Å². The fraction of sp³-hybridized carbons (Fsp3) is 0.520. The molecular weight excluding hydrogens is 434 g/mol. The van der Waals surface area contributed by atoms with Crippen molar-refractivity contribution in [1.29, 1.82) is 0 Å². The maximum Gasteiger partial charge on any atom is 0.320 e. The summed E-state index contributed by atoms with van der Waals surface area (Å²) in [5, 5.41) is 12.9. The van der Waals surface area contributed by atoms with E-state index in [9.17, 15) is 14.7 Å². The smallest absolute Gasteiger partial charge is 0.320 e. The first kappa shape index (κ1) is 23.8. The van der Waals surface area contributed by atoms with Crippen molar-refractivity contribution in [2.45, 2.75) is 51.5 Å². The predicted molar refractivity (Wildman–Crippen MR) is 128 cm³/mol. The molecule has 1 fully saturated rings. The van der Waals surface area contributed by atoms with Gasteiger partial charge in [0.25, 0.3) is 0 Å². The highest BCUT2D eigenvalue weighted by Gasteiger charge is 2.35. The Hall–Kier alpha value is -3.36. The Morgan fingerprint density at radius 3 is 2.88 bits per heavy atom. The van der Waals surface area contributed by atoms with Gasteiger partial charge in [-0.05, 0) is 48.8 Å². The lowest BCUT2D eigenvalue weighted by Crippen LogP contribution is -2.36. The number of aromatic nitrogens is 2. The van der Waals surface area contributed by atoms with Gasteiger partial charge in [-0.25, -0.2) is 14.8 Å². The molecule has 4 heterocycles. The third-order valence-corrected chi connectivity index (χ3v) is 6.63. The average molecular weight is 468 g/mol. The van der Waals surface area contributed by atoms with Crippen LogP contribution in [-0.2, 0) is 24.1 Å². The van der Waals surface area contributed by atoms with Crippen LogP contribution in [0.1, 0.15) is 54.6 Å². The molecule has 9 heteroatoms. The van der Waals surface area contributed by atoms with Crippen molar-refractivity contribution in [3.05, 3.63) is 46.8 Å². The molecule has 4 rings (SSSR count). The van der Waals surface area contributed by atoms with Crippen LogP contribution in [0.3, 0.4) is 0 Å². The molecule has 2 aromatic rings. The van der Waals surface area contributed by atoms with Gasteiger partial charge >= 0.3 is 12.0 Å². The summed E-state index contributed by atoms with van der Waals surface area (Å²) >= 11 is 0. The number of urea groups is 1. The maximum absolute atomic E-state index is 13.2. The monoisotopic (exact) mass is 467 g/mol. The Labute approximate surface area is 200 Å². The van der Waals surface area contributed by atoms with Gasteiger partial charge < -0.3 is 25.0 Å². The van der Waals surface area contributed by atoms with Gasteiger partial charge in [0, 0.05) is 44.1 Å². The van der Waals surface area contributed by atoms with Crippen LogP contribution in [0.2, 0.25) is 0 Å². The SMILES string of the molecule is CCc1cc2c(nc1CCCN1CCN([C@@H](CC(=O)O)c3ccc(OC)nc3)C1=O)NCCC2. The van der Waals surface area contributed by atoms with Gasteiger partial charge in [0.05, 0.1) is 19.6 Å².